The first-order valence-electron chi connectivity index (χ1n) is 6.55. The molecule has 0 amide bonds. The molecule has 0 aliphatic heterocycles. The third kappa shape index (κ3) is 4.52. The largest absolute Gasteiger partial charge is 0.313 e. The number of halogens is 1. The van der Waals surface area contributed by atoms with Crippen molar-refractivity contribution in [2.24, 2.45) is 0 Å². The zero-order valence-electron chi connectivity index (χ0n) is 11.6. The van der Waals surface area contributed by atoms with Crippen LogP contribution >= 0.6 is 22.9 Å². The molecule has 2 N–H and O–H groups in total. The van der Waals surface area contributed by atoms with Crippen molar-refractivity contribution in [3.63, 3.8) is 0 Å². The summed E-state index contributed by atoms with van der Waals surface area (Å²) >= 11 is 7.21. The summed E-state index contributed by atoms with van der Waals surface area (Å²) < 4.78 is 28.1. The summed E-state index contributed by atoms with van der Waals surface area (Å²) in [6.07, 6.45) is 0. The minimum atomic E-state index is -3.54. The second-order valence-electron chi connectivity index (χ2n) is 4.42. The number of hydrogen-bond donors (Lipinski definition) is 2. The average molecular weight is 345 g/mol. The van der Waals surface area contributed by atoms with Gasteiger partial charge in [-0.3, -0.25) is 0 Å². The maximum absolute atomic E-state index is 12.4. The van der Waals surface area contributed by atoms with Crippen LogP contribution < -0.4 is 10.0 Å². The predicted molar refractivity (Wildman–Crippen MR) is 87.2 cm³/mol. The molecule has 0 radical (unpaired) electrons. The van der Waals surface area contributed by atoms with Gasteiger partial charge in [0.15, 0.2) is 0 Å². The van der Waals surface area contributed by atoms with E-state index < -0.39 is 10.0 Å². The third-order valence-electron chi connectivity index (χ3n) is 2.89. The first-order chi connectivity index (χ1) is 10.0. The Morgan fingerprint density at radius 3 is 2.57 bits per heavy atom. The molecule has 114 valence electrons. The van der Waals surface area contributed by atoms with E-state index in [1.165, 1.54) is 11.3 Å². The summed E-state index contributed by atoms with van der Waals surface area (Å²) in [4.78, 5) is 1.20. The van der Waals surface area contributed by atoms with Gasteiger partial charge in [0.1, 0.15) is 0 Å². The standard InChI is InChI=1S/C14H17ClN2O2S2/c1-2-16-9-11-5-3-4-6-13(11)21(18,19)17-10-12-7-8-14(15)20-12/h3-8,16-17H,2,9-10H2,1H3. The predicted octanol–water partition coefficient (Wildman–Crippen LogP) is 2.99. The van der Waals surface area contributed by atoms with E-state index in [-0.39, 0.29) is 6.54 Å². The second kappa shape index (κ2) is 7.38. The number of hydrogen-bond acceptors (Lipinski definition) is 4. The number of thiophene rings is 1. The van der Waals surface area contributed by atoms with E-state index in [4.69, 9.17) is 11.6 Å². The highest BCUT2D eigenvalue weighted by Gasteiger charge is 2.17. The Hall–Kier alpha value is -0.920. The van der Waals surface area contributed by atoms with Crippen molar-refractivity contribution >= 4 is 33.0 Å². The van der Waals surface area contributed by atoms with Crippen molar-refractivity contribution < 1.29 is 8.42 Å². The lowest BCUT2D eigenvalue weighted by molar-refractivity contribution is 0.579. The van der Waals surface area contributed by atoms with Crippen LogP contribution in [-0.2, 0) is 23.1 Å². The lowest BCUT2D eigenvalue weighted by Crippen LogP contribution is -2.25. The lowest BCUT2D eigenvalue weighted by atomic mass is 10.2. The first-order valence-corrected chi connectivity index (χ1v) is 9.23. The summed E-state index contributed by atoms with van der Waals surface area (Å²) in [6, 6.07) is 10.6. The second-order valence-corrected chi connectivity index (χ2v) is 7.95. The van der Waals surface area contributed by atoms with E-state index in [0.717, 1.165) is 17.0 Å². The molecule has 0 unspecified atom stereocenters. The summed E-state index contributed by atoms with van der Waals surface area (Å²) in [5.74, 6) is 0. The highest BCUT2D eigenvalue weighted by molar-refractivity contribution is 7.89. The summed E-state index contributed by atoms with van der Waals surface area (Å²) in [5, 5.41) is 3.15. The van der Waals surface area contributed by atoms with Gasteiger partial charge in [-0.15, -0.1) is 11.3 Å². The van der Waals surface area contributed by atoms with Gasteiger partial charge in [-0.25, -0.2) is 13.1 Å². The Bertz CT molecular complexity index is 699. The molecule has 2 aromatic rings. The van der Waals surface area contributed by atoms with Gasteiger partial charge in [0.2, 0.25) is 10.0 Å². The zero-order chi connectivity index (χ0) is 15.3. The molecule has 0 aliphatic rings. The van der Waals surface area contributed by atoms with E-state index >= 15 is 0 Å². The van der Waals surface area contributed by atoms with Crippen molar-refractivity contribution in [1.29, 1.82) is 0 Å². The van der Waals surface area contributed by atoms with Crippen molar-refractivity contribution in [1.82, 2.24) is 10.0 Å². The van der Waals surface area contributed by atoms with E-state index in [1.54, 1.807) is 18.2 Å². The number of sulfonamides is 1. The van der Waals surface area contributed by atoms with E-state index in [0.29, 0.717) is 15.8 Å². The maximum Gasteiger partial charge on any atom is 0.241 e. The molecule has 1 heterocycles. The SMILES string of the molecule is CCNCc1ccccc1S(=O)(=O)NCc1ccc(Cl)s1. The molecule has 0 atom stereocenters. The molecular weight excluding hydrogens is 328 g/mol. The molecule has 21 heavy (non-hydrogen) atoms. The van der Waals surface area contributed by atoms with Gasteiger partial charge < -0.3 is 5.32 Å². The Labute approximate surface area is 134 Å². The van der Waals surface area contributed by atoms with Crippen LogP contribution in [0.4, 0.5) is 0 Å². The summed E-state index contributed by atoms with van der Waals surface area (Å²) in [5.41, 5.74) is 0.760. The van der Waals surface area contributed by atoms with E-state index in [1.807, 2.05) is 25.1 Å². The topological polar surface area (TPSA) is 58.2 Å². The molecule has 4 nitrogen and oxygen atoms in total. The van der Waals surface area contributed by atoms with Gasteiger partial charge in [-0.1, -0.05) is 36.7 Å². The van der Waals surface area contributed by atoms with Gasteiger partial charge in [0.25, 0.3) is 0 Å². The van der Waals surface area contributed by atoms with Crippen LogP contribution in [0.5, 0.6) is 0 Å². The molecule has 1 aromatic carbocycles. The Balaban J connectivity index is 2.15. The van der Waals surface area contributed by atoms with E-state index in [9.17, 15) is 8.42 Å². The summed E-state index contributed by atoms with van der Waals surface area (Å²) in [7, 11) is -3.54. The van der Waals surface area contributed by atoms with Crippen LogP contribution in [0.2, 0.25) is 4.34 Å². The molecule has 1 aromatic heterocycles. The van der Waals surface area contributed by atoms with Crippen LogP contribution in [0, 0.1) is 0 Å². The summed E-state index contributed by atoms with van der Waals surface area (Å²) in [6.45, 7) is 3.54. The van der Waals surface area contributed by atoms with Crippen molar-refractivity contribution in [3.8, 4) is 0 Å². The highest BCUT2D eigenvalue weighted by Crippen LogP contribution is 2.22. The van der Waals surface area contributed by atoms with Crippen LogP contribution in [0.15, 0.2) is 41.3 Å². The molecule has 0 fully saturated rings. The Kier molecular flexibility index (Phi) is 5.78. The minimum Gasteiger partial charge on any atom is -0.313 e. The molecule has 2 rings (SSSR count). The van der Waals surface area contributed by atoms with Crippen LogP contribution in [-0.4, -0.2) is 15.0 Å². The quantitative estimate of drug-likeness (QED) is 0.811. The molecular formula is C14H17ClN2O2S2. The fourth-order valence-corrected chi connectivity index (χ4v) is 4.23. The number of benzene rings is 1. The lowest BCUT2D eigenvalue weighted by Gasteiger charge is -2.11. The van der Waals surface area contributed by atoms with Gasteiger partial charge in [0, 0.05) is 18.0 Å². The van der Waals surface area contributed by atoms with E-state index in [2.05, 4.69) is 10.0 Å². The maximum atomic E-state index is 12.4. The fourth-order valence-electron chi connectivity index (χ4n) is 1.86. The van der Waals surface area contributed by atoms with Gasteiger partial charge in [0.05, 0.1) is 9.23 Å². The molecule has 0 spiro atoms. The smallest absolute Gasteiger partial charge is 0.241 e. The molecule has 0 aliphatic carbocycles. The zero-order valence-corrected chi connectivity index (χ0v) is 14.0. The third-order valence-corrected chi connectivity index (χ3v) is 5.63. The number of nitrogens with one attached hydrogen (secondary N) is 2. The molecule has 7 heteroatoms. The van der Waals surface area contributed by atoms with Crippen LogP contribution in [0.3, 0.4) is 0 Å². The van der Waals surface area contributed by atoms with Gasteiger partial charge in [-0.05, 0) is 30.3 Å². The minimum absolute atomic E-state index is 0.245. The molecule has 0 saturated heterocycles. The Morgan fingerprint density at radius 1 is 1.14 bits per heavy atom. The van der Waals surface area contributed by atoms with Crippen molar-refractivity contribution in [3.05, 3.63) is 51.2 Å². The van der Waals surface area contributed by atoms with Crippen LogP contribution in [0.1, 0.15) is 17.4 Å². The fraction of sp³-hybridized carbons (Fsp3) is 0.286. The average Bonchev–Trinajstić information content (AvgIpc) is 2.89. The molecule has 0 bridgehead atoms. The van der Waals surface area contributed by atoms with Crippen LogP contribution in [0.25, 0.3) is 0 Å². The number of rotatable bonds is 7. The van der Waals surface area contributed by atoms with Gasteiger partial charge >= 0.3 is 0 Å². The van der Waals surface area contributed by atoms with Crippen molar-refractivity contribution in [2.75, 3.05) is 6.54 Å². The highest BCUT2D eigenvalue weighted by atomic mass is 35.5. The monoisotopic (exact) mass is 344 g/mol. The normalized spacial score (nSPS) is 11.7. The Morgan fingerprint density at radius 2 is 1.90 bits per heavy atom. The van der Waals surface area contributed by atoms with Gasteiger partial charge in [-0.2, -0.15) is 0 Å². The first kappa shape index (κ1) is 16.5. The molecule has 0 saturated carbocycles. The van der Waals surface area contributed by atoms with Crippen molar-refractivity contribution in [2.45, 2.75) is 24.9 Å².